The summed E-state index contributed by atoms with van der Waals surface area (Å²) >= 11 is 3.45. The lowest BCUT2D eigenvalue weighted by Crippen LogP contribution is -2.48. The molecule has 0 unspecified atom stereocenters. The second-order valence-corrected chi connectivity index (χ2v) is 13.7. The van der Waals surface area contributed by atoms with Crippen LogP contribution in [0, 0.1) is 25.6 Å². The fraction of sp³-hybridized carbons (Fsp3) is 0.387. The number of benzene rings is 3. The van der Waals surface area contributed by atoms with Gasteiger partial charge in [0, 0.05) is 4.47 Å². The average molecular weight is 635 g/mol. The molecule has 2 N–H and O–H groups in total. The van der Waals surface area contributed by atoms with Gasteiger partial charge in [0.1, 0.15) is 11.6 Å². The summed E-state index contributed by atoms with van der Waals surface area (Å²) in [6, 6.07) is 17.2. The third-order valence-corrected chi connectivity index (χ3v) is 9.42. The Bertz CT molecular complexity index is 1370. The van der Waals surface area contributed by atoms with Crippen LogP contribution in [-0.2, 0) is 21.1 Å². The van der Waals surface area contributed by atoms with Crippen LogP contribution in [0.25, 0.3) is 0 Å². The van der Waals surface area contributed by atoms with Gasteiger partial charge in [0.25, 0.3) is 5.91 Å². The number of para-hydroxylation sites is 1. The van der Waals surface area contributed by atoms with E-state index in [0.29, 0.717) is 12.2 Å². The predicted octanol–water partition coefficient (Wildman–Crippen LogP) is 5.95. The minimum absolute atomic E-state index is 0.00123. The number of carbonyl (C=O) groups excluding carboxylic acids is 1. The maximum atomic E-state index is 13.5. The number of aryl methyl sites for hydroxylation is 2. The highest BCUT2D eigenvalue weighted by Gasteiger charge is 2.33. The Morgan fingerprint density at radius 1 is 1.00 bits per heavy atom. The first-order chi connectivity index (χ1) is 18.9. The first-order valence-electron chi connectivity index (χ1n) is 13.3. The molecule has 0 saturated heterocycles. The third kappa shape index (κ3) is 8.88. The minimum Gasteiger partial charge on any atom is -0.483 e. The zero-order chi connectivity index (χ0) is 29.4. The van der Waals surface area contributed by atoms with Crippen LogP contribution in [0.2, 0.25) is 0 Å². The third-order valence-electron chi connectivity index (χ3n) is 6.73. The van der Waals surface area contributed by atoms with Gasteiger partial charge >= 0.3 is 0 Å². The van der Waals surface area contributed by atoms with Crippen molar-refractivity contribution >= 4 is 31.7 Å². The number of ether oxygens (including phenoxy) is 1. The van der Waals surface area contributed by atoms with Gasteiger partial charge in [-0.2, -0.15) is 0 Å². The standard InChI is InChI=1S/C31H37BrFNO5S/c1-20(2)15-27(40(37,38)26-13-11-25(33)12-14-26)18-29(35)28(17-23-9-6-10-24(32)16-23)34-30(36)19-39-31-21(3)7-5-8-22(31)4/h5-14,16,20,27-29,35H,15,17-19H2,1-4H3,(H,34,36)/t27-,28-,29+/m0/s1. The molecule has 3 rings (SSSR count). The van der Waals surface area contributed by atoms with Crippen molar-refractivity contribution in [3.63, 3.8) is 0 Å². The van der Waals surface area contributed by atoms with E-state index in [0.717, 1.165) is 33.3 Å². The lowest BCUT2D eigenvalue weighted by Gasteiger charge is -2.29. The molecule has 3 aromatic rings. The maximum Gasteiger partial charge on any atom is 0.258 e. The maximum absolute atomic E-state index is 13.5. The molecule has 0 aliphatic heterocycles. The van der Waals surface area contributed by atoms with Crippen LogP contribution in [0.4, 0.5) is 4.39 Å². The van der Waals surface area contributed by atoms with Crippen LogP contribution in [0.1, 0.15) is 43.4 Å². The number of carbonyl (C=O) groups is 1. The molecule has 1 amide bonds. The summed E-state index contributed by atoms with van der Waals surface area (Å²) in [6.07, 6.45) is -0.707. The zero-order valence-electron chi connectivity index (χ0n) is 23.2. The van der Waals surface area contributed by atoms with Gasteiger partial charge in [0.05, 0.1) is 22.3 Å². The average Bonchev–Trinajstić information content (AvgIpc) is 2.87. The van der Waals surface area contributed by atoms with Crippen molar-refractivity contribution in [2.75, 3.05) is 6.61 Å². The Hall–Kier alpha value is -2.75. The Kier molecular flexibility index (Phi) is 11.3. The van der Waals surface area contributed by atoms with Crippen molar-refractivity contribution in [2.24, 2.45) is 5.92 Å². The van der Waals surface area contributed by atoms with E-state index < -0.39 is 39.0 Å². The van der Waals surface area contributed by atoms with Gasteiger partial charge in [-0.05, 0) is 92.1 Å². The van der Waals surface area contributed by atoms with E-state index in [1.54, 1.807) is 0 Å². The van der Waals surface area contributed by atoms with Crippen molar-refractivity contribution < 1.29 is 27.4 Å². The van der Waals surface area contributed by atoms with Crippen LogP contribution in [-0.4, -0.2) is 43.4 Å². The lowest BCUT2D eigenvalue weighted by molar-refractivity contribution is -0.124. The van der Waals surface area contributed by atoms with Crippen molar-refractivity contribution in [1.29, 1.82) is 0 Å². The molecule has 6 nitrogen and oxygen atoms in total. The summed E-state index contributed by atoms with van der Waals surface area (Å²) in [5.74, 6) is -0.303. The fourth-order valence-electron chi connectivity index (χ4n) is 4.74. The highest BCUT2D eigenvalue weighted by Crippen LogP contribution is 2.27. The first-order valence-corrected chi connectivity index (χ1v) is 15.6. The number of sulfone groups is 1. The fourth-order valence-corrected chi connectivity index (χ4v) is 7.18. The summed E-state index contributed by atoms with van der Waals surface area (Å²) in [5.41, 5.74) is 2.67. The summed E-state index contributed by atoms with van der Waals surface area (Å²) in [7, 11) is -3.88. The molecule has 0 spiro atoms. The van der Waals surface area contributed by atoms with E-state index in [-0.39, 0.29) is 30.3 Å². The van der Waals surface area contributed by atoms with Gasteiger partial charge in [0.15, 0.2) is 16.4 Å². The second kappa shape index (κ2) is 14.2. The van der Waals surface area contributed by atoms with Gasteiger partial charge in [-0.1, -0.05) is 60.1 Å². The molecule has 40 heavy (non-hydrogen) atoms. The van der Waals surface area contributed by atoms with Crippen molar-refractivity contribution in [2.45, 2.75) is 69.2 Å². The van der Waals surface area contributed by atoms with Crippen LogP contribution in [0.3, 0.4) is 0 Å². The second-order valence-electron chi connectivity index (χ2n) is 10.6. The van der Waals surface area contributed by atoms with Crippen LogP contribution in [0.5, 0.6) is 5.75 Å². The molecule has 0 aliphatic carbocycles. The molecule has 0 radical (unpaired) electrons. The van der Waals surface area contributed by atoms with E-state index in [1.165, 1.54) is 12.1 Å². The molecule has 0 heterocycles. The summed E-state index contributed by atoms with van der Waals surface area (Å²) in [5, 5.41) is 13.4. The van der Waals surface area contributed by atoms with Crippen molar-refractivity contribution in [1.82, 2.24) is 5.32 Å². The van der Waals surface area contributed by atoms with Gasteiger partial charge < -0.3 is 15.2 Å². The monoisotopic (exact) mass is 633 g/mol. The minimum atomic E-state index is -3.88. The number of aliphatic hydroxyl groups is 1. The molecule has 3 aromatic carbocycles. The largest absolute Gasteiger partial charge is 0.483 e. The molecular formula is C31H37BrFNO5S. The van der Waals surface area contributed by atoms with Crippen LogP contribution < -0.4 is 10.1 Å². The molecular weight excluding hydrogens is 597 g/mol. The van der Waals surface area contributed by atoms with Crippen molar-refractivity contribution in [3.8, 4) is 5.75 Å². The van der Waals surface area contributed by atoms with E-state index in [9.17, 15) is 22.7 Å². The van der Waals surface area contributed by atoms with E-state index in [1.807, 2.05) is 70.2 Å². The van der Waals surface area contributed by atoms with E-state index in [4.69, 9.17) is 4.74 Å². The number of nitrogens with one attached hydrogen (secondary N) is 1. The Labute approximate surface area is 245 Å². The molecule has 0 aliphatic rings. The molecule has 0 fully saturated rings. The highest BCUT2D eigenvalue weighted by atomic mass is 79.9. The summed E-state index contributed by atoms with van der Waals surface area (Å²) < 4.78 is 47.2. The number of hydrogen-bond donors (Lipinski definition) is 2. The van der Waals surface area contributed by atoms with Crippen molar-refractivity contribution in [3.05, 3.63) is 93.7 Å². The van der Waals surface area contributed by atoms with Gasteiger partial charge in [-0.25, -0.2) is 12.8 Å². The topological polar surface area (TPSA) is 92.7 Å². The van der Waals surface area contributed by atoms with Crippen LogP contribution in [0.15, 0.2) is 76.1 Å². The molecule has 0 saturated carbocycles. The molecule has 216 valence electrons. The molecule has 0 aromatic heterocycles. The SMILES string of the molecule is Cc1cccc(C)c1OCC(=O)N[C@@H](Cc1cccc(Br)c1)[C@H](O)C[C@H](CC(C)C)S(=O)(=O)c1ccc(F)cc1. The van der Waals surface area contributed by atoms with E-state index in [2.05, 4.69) is 21.2 Å². The number of halogens is 2. The normalized spacial score (nSPS) is 14.0. The number of rotatable bonds is 13. The van der Waals surface area contributed by atoms with Crippen LogP contribution >= 0.6 is 15.9 Å². The number of aliphatic hydroxyl groups excluding tert-OH is 1. The Balaban J connectivity index is 1.83. The molecule has 0 bridgehead atoms. The summed E-state index contributed by atoms with van der Waals surface area (Å²) in [6.45, 7) is 7.36. The predicted molar refractivity (Wildman–Crippen MR) is 159 cm³/mol. The molecule has 3 atom stereocenters. The first kappa shape index (κ1) is 31.8. The molecule has 9 heteroatoms. The zero-order valence-corrected chi connectivity index (χ0v) is 25.6. The Morgan fingerprint density at radius 3 is 2.23 bits per heavy atom. The Morgan fingerprint density at radius 2 is 1.62 bits per heavy atom. The van der Waals surface area contributed by atoms with E-state index >= 15 is 0 Å². The van der Waals surface area contributed by atoms with Gasteiger partial charge in [-0.3, -0.25) is 4.79 Å². The van der Waals surface area contributed by atoms with Gasteiger partial charge in [-0.15, -0.1) is 0 Å². The smallest absolute Gasteiger partial charge is 0.258 e. The lowest BCUT2D eigenvalue weighted by atomic mass is 9.95. The quantitative estimate of drug-likeness (QED) is 0.227. The highest BCUT2D eigenvalue weighted by molar-refractivity contribution is 9.10. The van der Waals surface area contributed by atoms with Gasteiger partial charge in [0.2, 0.25) is 0 Å². The summed E-state index contributed by atoms with van der Waals surface area (Å²) in [4.78, 5) is 13.0. The number of hydrogen-bond acceptors (Lipinski definition) is 5. The number of amides is 1.